The molecular weight excluding hydrogens is 244 g/mol. The zero-order valence-electron chi connectivity index (χ0n) is 10.3. The van der Waals surface area contributed by atoms with Gasteiger partial charge in [0, 0.05) is 6.42 Å². The second-order valence-corrected chi connectivity index (χ2v) is 4.45. The van der Waals surface area contributed by atoms with Gasteiger partial charge in [0.2, 0.25) is 0 Å². The van der Waals surface area contributed by atoms with Gasteiger partial charge < -0.3 is 20.4 Å². The highest BCUT2D eigenvalue weighted by Gasteiger charge is 2.15. The standard InChI is InChI=1S/C15H16O4/c16-12-5-1-10(2-6-12)14(18)9-15(19)11-3-7-13(17)8-4-11/h1-8,14-19H,9H2/t14-,15-/m0/s1. The number of phenols is 2. The van der Waals surface area contributed by atoms with E-state index in [2.05, 4.69) is 0 Å². The van der Waals surface area contributed by atoms with Crippen molar-refractivity contribution in [3.05, 3.63) is 59.7 Å². The molecule has 0 fully saturated rings. The molecule has 0 aliphatic heterocycles. The summed E-state index contributed by atoms with van der Waals surface area (Å²) in [7, 11) is 0. The lowest BCUT2D eigenvalue weighted by molar-refractivity contribution is 0.0804. The van der Waals surface area contributed by atoms with E-state index in [-0.39, 0.29) is 17.9 Å². The van der Waals surface area contributed by atoms with Crippen LogP contribution in [-0.4, -0.2) is 20.4 Å². The lowest BCUT2D eigenvalue weighted by Gasteiger charge is -2.16. The molecule has 2 atom stereocenters. The number of hydrogen-bond acceptors (Lipinski definition) is 4. The van der Waals surface area contributed by atoms with Crippen LogP contribution in [0.1, 0.15) is 29.8 Å². The Bertz CT molecular complexity index is 469. The molecule has 2 rings (SSSR count). The third-order valence-corrected chi connectivity index (χ3v) is 3.00. The number of aliphatic hydroxyl groups excluding tert-OH is 2. The summed E-state index contributed by atoms with van der Waals surface area (Å²) in [4.78, 5) is 0. The normalized spacial score (nSPS) is 14.0. The Kier molecular flexibility index (Phi) is 4.04. The second kappa shape index (κ2) is 5.73. The molecule has 4 N–H and O–H groups in total. The Hall–Kier alpha value is -2.04. The fourth-order valence-corrected chi connectivity index (χ4v) is 1.88. The highest BCUT2D eigenvalue weighted by Crippen LogP contribution is 2.27. The van der Waals surface area contributed by atoms with E-state index in [0.717, 1.165) is 0 Å². The van der Waals surface area contributed by atoms with Gasteiger partial charge in [-0.15, -0.1) is 0 Å². The first-order chi connectivity index (χ1) is 9.06. The summed E-state index contributed by atoms with van der Waals surface area (Å²) in [5.41, 5.74) is 1.27. The first-order valence-corrected chi connectivity index (χ1v) is 6.00. The molecular formula is C15H16O4. The van der Waals surface area contributed by atoms with Crippen molar-refractivity contribution in [3.8, 4) is 11.5 Å². The number of rotatable bonds is 4. The first-order valence-electron chi connectivity index (χ1n) is 6.00. The molecule has 0 bridgehead atoms. The Labute approximate surface area is 111 Å². The molecule has 0 unspecified atom stereocenters. The Morgan fingerprint density at radius 1 is 0.632 bits per heavy atom. The van der Waals surface area contributed by atoms with Crippen LogP contribution in [0.2, 0.25) is 0 Å². The molecule has 0 aromatic heterocycles. The summed E-state index contributed by atoms with van der Waals surface area (Å²) < 4.78 is 0. The average molecular weight is 260 g/mol. The van der Waals surface area contributed by atoms with Gasteiger partial charge in [-0.2, -0.15) is 0 Å². The van der Waals surface area contributed by atoms with Crippen LogP contribution in [0.5, 0.6) is 11.5 Å². The van der Waals surface area contributed by atoms with E-state index >= 15 is 0 Å². The van der Waals surface area contributed by atoms with Crippen molar-refractivity contribution in [3.63, 3.8) is 0 Å². The maximum absolute atomic E-state index is 10.0. The van der Waals surface area contributed by atoms with E-state index in [9.17, 15) is 10.2 Å². The predicted molar refractivity (Wildman–Crippen MR) is 70.8 cm³/mol. The van der Waals surface area contributed by atoms with E-state index in [1.165, 1.54) is 24.3 Å². The number of phenolic OH excluding ortho intramolecular Hbond substituents is 2. The molecule has 0 saturated heterocycles. The molecule has 4 nitrogen and oxygen atoms in total. The topological polar surface area (TPSA) is 80.9 Å². The van der Waals surface area contributed by atoms with Gasteiger partial charge in [0.15, 0.2) is 0 Å². The van der Waals surface area contributed by atoms with Crippen molar-refractivity contribution >= 4 is 0 Å². The summed E-state index contributed by atoms with van der Waals surface area (Å²) in [5, 5.41) is 38.4. The van der Waals surface area contributed by atoms with Crippen LogP contribution in [0.15, 0.2) is 48.5 Å². The van der Waals surface area contributed by atoms with Crippen molar-refractivity contribution in [2.45, 2.75) is 18.6 Å². The Morgan fingerprint density at radius 3 is 1.26 bits per heavy atom. The summed E-state index contributed by atoms with van der Waals surface area (Å²) in [6.45, 7) is 0. The van der Waals surface area contributed by atoms with Crippen molar-refractivity contribution in [1.29, 1.82) is 0 Å². The van der Waals surface area contributed by atoms with E-state index in [0.29, 0.717) is 11.1 Å². The van der Waals surface area contributed by atoms with Gasteiger partial charge in [-0.25, -0.2) is 0 Å². The Morgan fingerprint density at radius 2 is 0.947 bits per heavy atom. The molecule has 100 valence electrons. The second-order valence-electron chi connectivity index (χ2n) is 4.45. The third kappa shape index (κ3) is 3.47. The zero-order valence-corrected chi connectivity index (χ0v) is 10.3. The van der Waals surface area contributed by atoms with Gasteiger partial charge >= 0.3 is 0 Å². The van der Waals surface area contributed by atoms with Crippen molar-refractivity contribution in [2.24, 2.45) is 0 Å². The highest BCUT2D eigenvalue weighted by molar-refractivity contribution is 5.29. The lowest BCUT2D eigenvalue weighted by Crippen LogP contribution is -2.05. The van der Waals surface area contributed by atoms with Gasteiger partial charge in [0.05, 0.1) is 12.2 Å². The van der Waals surface area contributed by atoms with Crippen LogP contribution in [0, 0.1) is 0 Å². The number of hydrogen-bond donors (Lipinski definition) is 4. The maximum atomic E-state index is 10.0. The molecule has 4 heteroatoms. The zero-order chi connectivity index (χ0) is 13.8. The molecule has 0 spiro atoms. The summed E-state index contributed by atoms with van der Waals surface area (Å²) in [5.74, 6) is 0.269. The molecule has 0 aliphatic carbocycles. The lowest BCUT2D eigenvalue weighted by atomic mass is 9.99. The summed E-state index contributed by atoms with van der Waals surface area (Å²) >= 11 is 0. The van der Waals surface area contributed by atoms with E-state index in [1.807, 2.05) is 0 Å². The minimum absolute atomic E-state index is 0.134. The smallest absolute Gasteiger partial charge is 0.115 e. The van der Waals surface area contributed by atoms with Crippen LogP contribution in [-0.2, 0) is 0 Å². The van der Waals surface area contributed by atoms with Gasteiger partial charge in [-0.05, 0) is 35.4 Å². The minimum atomic E-state index is -0.815. The highest BCUT2D eigenvalue weighted by atomic mass is 16.3. The van der Waals surface area contributed by atoms with E-state index in [4.69, 9.17) is 10.2 Å². The molecule has 0 radical (unpaired) electrons. The largest absolute Gasteiger partial charge is 0.508 e. The fourth-order valence-electron chi connectivity index (χ4n) is 1.88. The van der Waals surface area contributed by atoms with Crippen molar-refractivity contribution in [1.82, 2.24) is 0 Å². The fraction of sp³-hybridized carbons (Fsp3) is 0.200. The first kappa shape index (κ1) is 13.4. The predicted octanol–water partition coefficient (Wildman–Crippen LogP) is 2.25. The van der Waals surface area contributed by atoms with Crippen LogP contribution >= 0.6 is 0 Å². The maximum Gasteiger partial charge on any atom is 0.115 e. The SMILES string of the molecule is Oc1ccc([C@@H](O)C[C@H](O)c2ccc(O)cc2)cc1. The molecule has 2 aromatic carbocycles. The van der Waals surface area contributed by atoms with Crippen LogP contribution < -0.4 is 0 Å². The molecule has 0 aliphatic rings. The molecule has 0 saturated carbocycles. The number of benzene rings is 2. The monoisotopic (exact) mass is 260 g/mol. The average Bonchev–Trinajstić information content (AvgIpc) is 2.40. The molecule has 0 amide bonds. The number of aliphatic hydroxyl groups is 2. The van der Waals surface area contributed by atoms with Gasteiger partial charge in [-0.3, -0.25) is 0 Å². The number of aromatic hydroxyl groups is 2. The third-order valence-electron chi connectivity index (χ3n) is 3.00. The van der Waals surface area contributed by atoms with E-state index < -0.39 is 12.2 Å². The van der Waals surface area contributed by atoms with E-state index in [1.54, 1.807) is 24.3 Å². The van der Waals surface area contributed by atoms with Crippen molar-refractivity contribution in [2.75, 3.05) is 0 Å². The van der Waals surface area contributed by atoms with Crippen LogP contribution in [0.4, 0.5) is 0 Å². The summed E-state index contributed by atoms with van der Waals surface area (Å²) in [6, 6.07) is 12.4. The molecule has 19 heavy (non-hydrogen) atoms. The van der Waals surface area contributed by atoms with Gasteiger partial charge in [0.25, 0.3) is 0 Å². The molecule has 0 heterocycles. The van der Waals surface area contributed by atoms with Crippen molar-refractivity contribution < 1.29 is 20.4 Å². The minimum Gasteiger partial charge on any atom is -0.508 e. The van der Waals surface area contributed by atoms with Gasteiger partial charge in [0.1, 0.15) is 11.5 Å². The molecule has 2 aromatic rings. The summed E-state index contributed by atoms with van der Waals surface area (Å²) in [6.07, 6.45) is -1.48. The van der Waals surface area contributed by atoms with Crippen LogP contribution in [0.3, 0.4) is 0 Å². The van der Waals surface area contributed by atoms with Gasteiger partial charge in [-0.1, -0.05) is 24.3 Å². The Balaban J connectivity index is 2.03. The van der Waals surface area contributed by atoms with Crippen LogP contribution in [0.25, 0.3) is 0 Å². The quantitative estimate of drug-likeness (QED) is 0.679.